The lowest BCUT2D eigenvalue weighted by Gasteiger charge is -2.13. The molecule has 0 saturated carbocycles. The third-order valence-corrected chi connectivity index (χ3v) is 10.4. The first kappa shape index (κ1) is 31.7. The van der Waals surface area contributed by atoms with E-state index < -0.39 is 0 Å². The van der Waals surface area contributed by atoms with Gasteiger partial charge in [-0.3, -0.25) is 4.57 Å². The third kappa shape index (κ3) is 5.17. The molecule has 0 spiro atoms. The maximum Gasteiger partial charge on any atom is 0.235 e. The lowest BCUT2D eigenvalue weighted by molar-refractivity contribution is 1.01. The summed E-state index contributed by atoms with van der Waals surface area (Å²) in [5, 5.41) is 3.20. The fraction of sp³-hybridized carbons (Fsp3) is 0. The second-order valence-corrected chi connectivity index (χ2v) is 13.7. The molecule has 0 radical (unpaired) electrons. The van der Waals surface area contributed by atoms with Crippen molar-refractivity contribution in [3.8, 4) is 57.1 Å². The average molecular weight is 718 g/mol. The predicted octanol–water partition coefficient (Wildman–Crippen LogP) is 11.5. The number of hydrogen-bond donors (Lipinski definition) is 0. The molecule has 0 bridgehead atoms. The largest absolute Gasteiger partial charge is 0.306 e. The topological polar surface area (TPSA) is 74.3 Å². The first-order chi connectivity index (χ1) is 27.8. The summed E-state index contributed by atoms with van der Waals surface area (Å²) in [6.07, 6.45) is 0. The molecule has 7 nitrogen and oxygen atoms in total. The van der Waals surface area contributed by atoms with Crippen LogP contribution in [-0.4, -0.2) is 34.1 Å². The van der Waals surface area contributed by atoms with Crippen molar-refractivity contribution < 1.29 is 0 Å². The minimum Gasteiger partial charge on any atom is -0.306 e. The Balaban J connectivity index is 1.17. The molecule has 0 fully saturated rings. The van der Waals surface area contributed by atoms with Crippen LogP contribution in [0.3, 0.4) is 0 Å². The van der Waals surface area contributed by atoms with Crippen LogP contribution in [0.4, 0.5) is 0 Å². The highest BCUT2D eigenvalue weighted by atomic mass is 15.2. The van der Waals surface area contributed by atoms with E-state index in [9.17, 15) is 0 Å². The summed E-state index contributed by atoms with van der Waals surface area (Å²) in [6.45, 7) is 0. The summed E-state index contributed by atoms with van der Waals surface area (Å²) >= 11 is 0. The summed E-state index contributed by atoms with van der Waals surface area (Å²) in [7, 11) is 0. The number of fused-ring (bicyclic) bond motifs is 6. The van der Waals surface area contributed by atoms with Crippen molar-refractivity contribution in [1.82, 2.24) is 34.1 Å². The molecule has 0 aliphatic rings. The average Bonchev–Trinajstić information content (AvgIpc) is 3.80. The van der Waals surface area contributed by atoms with Gasteiger partial charge in [0.25, 0.3) is 0 Å². The van der Waals surface area contributed by atoms with Gasteiger partial charge in [0, 0.05) is 44.1 Å². The maximum absolute atomic E-state index is 5.46. The fourth-order valence-electron chi connectivity index (χ4n) is 7.84. The van der Waals surface area contributed by atoms with Crippen LogP contribution in [-0.2, 0) is 0 Å². The van der Waals surface area contributed by atoms with Gasteiger partial charge >= 0.3 is 0 Å². The Morgan fingerprint density at radius 1 is 0.321 bits per heavy atom. The molecular formula is C49H31N7. The summed E-state index contributed by atoms with van der Waals surface area (Å²) in [5.74, 6) is 2.46. The van der Waals surface area contributed by atoms with Crippen molar-refractivity contribution >= 4 is 43.7 Å². The van der Waals surface area contributed by atoms with Crippen molar-refractivity contribution in [3.05, 3.63) is 188 Å². The number of aromatic nitrogens is 7. The minimum atomic E-state index is 0.601. The van der Waals surface area contributed by atoms with Crippen molar-refractivity contribution in [2.75, 3.05) is 0 Å². The van der Waals surface area contributed by atoms with Gasteiger partial charge in [0.05, 0.1) is 22.1 Å². The van der Waals surface area contributed by atoms with Gasteiger partial charge in [-0.05, 0) is 42.5 Å². The SMILES string of the molecule is c1ccc(-c2nc(-c3ccccc3)nc(-c3ccc4c(c3)c3ccccc3n4-c3nc(-c4ccccc4)c4c(n3)c3ccccc3n4-c3ccccc3)n2)cc1. The van der Waals surface area contributed by atoms with E-state index in [1.165, 1.54) is 0 Å². The molecule has 4 heterocycles. The van der Waals surface area contributed by atoms with Crippen molar-refractivity contribution in [1.29, 1.82) is 0 Å². The van der Waals surface area contributed by atoms with Crippen molar-refractivity contribution in [3.63, 3.8) is 0 Å². The quantitative estimate of drug-likeness (QED) is 0.171. The molecule has 0 amide bonds. The van der Waals surface area contributed by atoms with E-state index in [4.69, 9.17) is 24.9 Å². The first-order valence-corrected chi connectivity index (χ1v) is 18.6. The Morgan fingerprint density at radius 3 is 1.43 bits per heavy atom. The molecule has 0 atom stereocenters. The van der Waals surface area contributed by atoms with E-state index in [1.54, 1.807) is 0 Å². The van der Waals surface area contributed by atoms with Gasteiger partial charge < -0.3 is 4.57 Å². The number of nitrogens with zero attached hydrogens (tertiary/aromatic N) is 7. The van der Waals surface area contributed by atoms with Crippen molar-refractivity contribution in [2.45, 2.75) is 0 Å². The molecule has 7 heteroatoms. The van der Waals surface area contributed by atoms with Gasteiger partial charge in [-0.25, -0.2) is 24.9 Å². The second-order valence-electron chi connectivity index (χ2n) is 13.7. The minimum absolute atomic E-state index is 0.601. The molecule has 0 saturated heterocycles. The smallest absolute Gasteiger partial charge is 0.235 e. The van der Waals surface area contributed by atoms with Crippen LogP contribution < -0.4 is 0 Å². The molecule has 11 rings (SSSR count). The Hall–Kier alpha value is -7.77. The number of rotatable bonds is 6. The van der Waals surface area contributed by atoms with Crippen LogP contribution in [0.5, 0.6) is 0 Å². The van der Waals surface area contributed by atoms with Crippen LogP contribution >= 0.6 is 0 Å². The van der Waals surface area contributed by atoms with Gasteiger partial charge in [-0.2, -0.15) is 0 Å². The number of benzene rings is 7. The van der Waals surface area contributed by atoms with Gasteiger partial charge in [0.1, 0.15) is 11.2 Å². The molecule has 4 aromatic heterocycles. The summed E-state index contributed by atoms with van der Waals surface area (Å²) in [6, 6.07) is 64.4. The molecule has 0 unspecified atom stereocenters. The van der Waals surface area contributed by atoms with Gasteiger partial charge in [-0.1, -0.05) is 146 Å². The predicted molar refractivity (Wildman–Crippen MR) is 226 cm³/mol. The third-order valence-electron chi connectivity index (χ3n) is 10.4. The lowest BCUT2D eigenvalue weighted by atomic mass is 10.1. The molecule has 11 aromatic rings. The molecular weight excluding hydrogens is 687 g/mol. The standard InChI is InChI=1S/C49H31N7/c1-5-17-32(18-6-1)43-45-44(38-26-14-16-28-41(38)55(45)36-23-11-4-12-24-36)51-49(50-43)56-40-27-15-13-25-37(40)39-31-35(29-30-42(39)56)48-53-46(33-19-7-2-8-20-33)52-47(54-48)34-21-9-3-10-22-34/h1-31H. The maximum atomic E-state index is 5.46. The Labute approximate surface area is 321 Å². The Kier molecular flexibility index (Phi) is 7.35. The Bertz CT molecular complexity index is 3170. The van der Waals surface area contributed by atoms with E-state index >= 15 is 0 Å². The van der Waals surface area contributed by atoms with E-state index in [0.717, 1.165) is 77.4 Å². The monoisotopic (exact) mass is 717 g/mol. The van der Waals surface area contributed by atoms with E-state index in [0.29, 0.717) is 23.4 Å². The van der Waals surface area contributed by atoms with Gasteiger partial charge in [-0.15, -0.1) is 0 Å². The van der Waals surface area contributed by atoms with E-state index in [1.807, 2.05) is 72.8 Å². The molecule has 0 aliphatic carbocycles. The van der Waals surface area contributed by atoms with E-state index in [2.05, 4.69) is 124 Å². The van der Waals surface area contributed by atoms with E-state index in [-0.39, 0.29) is 0 Å². The zero-order valence-electron chi connectivity index (χ0n) is 30.0. The highest BCUT2D eigenvalue weighted by molar-refractivity contribution is 6.13. The van der Waals surface area contributed by atoms with Crippen LogP contribution in [0.15, 0.2) is 188 Å². The van der Waals surface area contributed by atoms with Crippen LogP contribution in [0.1, 0.15) is 0 Å². The highest BCUT2D eigenvalue weighted by Crippen LogP contribution is 2.39. The molecule has 56 heavy (non-hydrogen) atoms. The zero-order valence-corrected chi connectivity index (χ0v) is 30.0. The molecule has 0 aliphatic heterocycles. The fourth-order valence-corrected chi connectivity index (χ4v) is 7.84. The first-order valence-electron chi connectivity index (χ1n) is 18.6. The molecule has 7 aromatic carbocycles. The molecule has 0 N–H and O–H groups in total. The van der Waals surface area contributed by atoms with Gasteiger partial charge in [0.15, 0.2) is 17.5 Å². The van der Waals surface area contributed by atoms with Gasteiger partial charge in [0.2, 0.25) is 5.95 Å². The zero-order chi connectivity index (χ0) is 37.0. The number of para-hydroxylation sites is 3. The number of hydrogen-bond acceptors (Lipinski definition) is 5. The highest BCUT2D eigenvalue weighted by Gasteiger charge is 2.23. The second kappa shape index (κ2) is 13.0. The van der Waals surface area contributed by atoms with Crippen molar-refractivity contribution in [2.24, 2.45) is 0 Å². The summed E-state index contributed by atoms with van der Waals surface area (Å²) < 4.78 is 4.48. The summed E-state index contributed by atoms with van der Waals surface area (Å²) in [5.41, 5.74) is 10.6. The Morgan fingerprint density at radius 2 is 0.804 bits per heavy atom. The normalized spacial score (nSPS) is 11.6. The lowest BCUT2D eigenvalue weighted by Crippen LogP contribution is -2.05. The van der Waals surface area contributed by atoms with Crippen LogP contribution in [0.25, 0.3) is 101 Å². The van der Waals surface area contributed by atoms with Crippen LogP contribution in [0, 0.1) is 0 Å². The summed E-state index contributed by atoms with van der Waals surface area (Å²) in [4.78, 5) is 25.9. The van der Waals surface area contributed by atoms with Crippen LogP contribution in [0.2, 0.25) is 0 Å². The molecule has 262 valence electrons.